The third-order valence-electron chi connectivity index (χ3n) is 3.85. The molecule has 0 fully saturated rings. The zero-order chi connectivity index (χ0) is 17.3. The minimum absolute atomic E-state index is 0.000972. The summed E-state index contributed by atoms with van der Waals surface area (Å²) in [6, 6.07) is 1.02. The molecule has 0 saturated carbocycles. The van der Waals surface area contributed by atoms with E-state index in [1.165, 1.54) is 0 Å². The van der Waals surface area contributed by atoms with Crippen molar-refractivity contribution in [3.05, 3.63) is 62.1 Å². The average Bonchev–Trinajstić information content (AvgIpc) is 2.46. The average molecular weight is 318 g/mol. The molecule has 120 valence electrons. The van der Waals surface area contributed by atoms with Crippen LogP contribution in [0.1, 0.15) is 52.6 Å². The summed E-state index contributed by atoms with van der Waals surface area (Å²) in [6.45, 7) is 3.31. The summed E-state index contributed by atoms with van der Waals surface area (Å²) in [6.07, 6.45) is 2.89. The highest BCUT2D eigenvalue weighted by atomic mass is 16.6. The van der Waals surface area contributed by atoms with Crippen molar-refractivity contribution < 1.29 is 24.7 Å². The number of rotatable bonds is 4. The lowest BCUT2D eigenvalue weighted by Gasteiger charge is -2.23. The smallest absolute Gasteiger partial charge is 0.337 e. The maximum Gasteiger partial charge on any atom is 0.337 e. The van der Waals surface area contributed by atoms with Crippen LogP contribution < -0.4 is 0 Å². The monoisotopic (exact) mass is 318 g/mol. The molecule has 0 radical (unpaired) electrons. The van der Waals surface area contributed by atoms with Gasteiger partial charge >= 0.3 is 11.9 Å². The molecule has 1 aliphatic carbocycles. The molecular formula is C15H14N2O6. The largest absolute Gasteiger partial charge is 0.478 e. The zero-order valence-electron chi connectivity index (χ0n) is 12.4. The fourth-order valence-corrected chi connectivity index (χ4v) is 2.68. The molecule has 0 bridgehead atoms. The minimum atomic E-state index is -1.33. The van der Waals surface area contributed by atoms with Gasteiger partial charge in [0.1, 0.15) is 0 Å². The van der Waals surface area contributed by atoms with Crippen LogP contribution in [0.5, 0.6) is 0 Å². The topological polar surface area (TPSA) is 131 Å². The summed E-state index contributed by atoms with van der Waals surface area (Å²) >= 11 is 0. The number of nitrogens with zero attached hydrogens (tertiary/aromatic N) is 2. The second-order valence-electron chi connectivity index (χ2n) is 5.24. The number of carboxylic acid groups (broad SMARTS) is 2. The third-order valence-corrected chi connectivity index (χ3v) is 3.85. The van der Waals surface area contributed by atoms with Gasteiger partial charge in [0.15, 0.2) is 0 Å². The molecule has 1 aromatic heterocycles. The van der Waals surface area contributed by atoms with Crippen LogP contribution in [-0.2, 0) is 0 Å². The van der Waals surface area contributed by atoms with Crippen molar-refractivity contribution in [2.45, 2.75) is 26.2 Å². The number of hydrogen-bond donors (Lipinski definition) is 2. The Morgan fingerprint density at radius 2 is 1.96 bits per heavy atom. The summed E-state index contributed by atoms with van der Waals surface area (Å²) in [5, 5.41) is 29.4. The molecule has 0 aliphatic heterocycles. The van der Waals surface area contributed by atoms with E-state index in [0.29, 0.717) is 5.57 Å². The molecule has 8 heteroatoms. The first kappa shape index (κ1) is 16.3. The van der Waals surface area contributed by atoms with Gasteiger partial charge in [-0.15, -0.1) is 0 Å². The fourth-order valence-electron chi connectivity index (χ4n) is 2.68. The van der Waals surface area contributed by atoms with Crippen molar-refractivity contribution in [1.29, 1.82) is 0 Å². The van der Waals surface area contributed by atoms with Crippen molar-refractivity contribution in [2.24, 2.45) is 0 Å². The first-order chi connectivity index (χ1) is 10.7. The van der Waals surface area contributed by atoms with Crippen LogP contribution in [0.4, 0.5) is 0 Å². The van der Waals surface area contributed by atoms with E-state index in [0.717, 1.165) is 17.8 Å². The van der Waals surface area contributed by atoms with E-state index in [1.54, 1.807) is 19.9 Å². The Morgan fingerprint density at radius 3 is 2.48 bits per heavy atom. The SMILES string of the molecule is CC1=CCC([N+](=O)[O-])=C(C)[C@@H]1c1ncc(C(=O)O)cc1C(=O)O. The standard InChI is InChI=1S/C15H14N2O6/c1-7-3-4-11(17(22)23)8(2)12(7)13-10(15(20)21)5-9(6-16-13)14(18)19/h3,5-6,12H,4H2,1-2H3,(H,18,19)(H,20,21)/t12-/m1/s1. The Balaban J connectivity index is 2.66. The van der Waals surface area contributed by atoms with Crippen molar-refractivity contribution in [3.8, 4) is 0 Å². The number of hydrogen-bond acceptors (Lipinski definition) is 5. The van der Waals surface area contributed by atoms with Gasteiger partial charge in [0.2, 0.25) is 5.70 Å². The number of nitro groups is 1. The van der Waals surface area contributed by atoms with E-state index in [2.05, 4.69) is 4.98 Å². The highest BCUT2D eigenvalue weighted by Crippen LogP contribution is 2.38. The van der Waals surface area contributed by atoms with Gasteiger partial charge in [0, 0.05) is 11.8 Å². The summed E-state index contributed by atoms with van der Waals surface area (Å²) in [7, 11) is 0. The van der Waals surface area contributed by atoms with Crippen molar-refractivity contribution in [2.75, 3.05) is 0 Å². The molecule has 23 heavy (non-hydrogen) atoms. The molecule has 8 nitrogen and oxygen atoms in total. The van der Waals surface area contributed by atoms with Crippen molar-refractivity contribution in [1.82, 2.24) is 4.98 Å². The van der Waals surface area contributed by atoms with Crippen LogP contribution >= 0.6 is 0 Å². The number of aromatic nitrogens is 1. The molecule has 0 amide bonds. The Hall–Kier alpha value is -3.03. The second-order valence-corrected chi connectivity index (χ2v) is 5.24. The normalized spacial score (nSPS) is 17.7. The molecule has 0 unspecified atom stereocenters. The van der Waals surface area contributed by atoms with Crippen molar-refractivity contribution >= 4 is 11.9 Å². The predicted octanol–water partition coefficient (Wildman–Crippen LogP) is 2.46. The van der Waals surface area contributed by atoms with E-state index in [1.807, 2.05) is 0 Å². The number of carboxylic acids is 2. The summed E-state index contributed by atoms with van der Waals surface area (Å²) < 4.78 is 0. The van der Waals surface area contributed by atoms with E-state index in [4.69, 9.17) is 5.11 Å². The van der Waals surface area contributed by atoms with Crippen LogP contribution in [-0.4, -0.2) is 32.1 Å². The van der Waals surface area contributed by atoms with Gasteiger partial charge in [-0.3, -0.25) is 15.1 Å². The number of pyridine rings is 1. The molecule has 1 aliphatic rings. The summed E-state index contributed by atoms with van der Waals surface area (Å²) in [5.74, 6) is -3.27. The fraction of sp³-hybridized carbons (Fsp3) is 0.267. The summed E-state index contributed by atoms with van der Waals surface area (Å²) in [5.41, 5.74) is 0.736. The second kappa shape index (κ2) is 5.99. The predicted molar refractivity (Wildman–Crippen MR) is 79.0 cm³/mol. The maximum absolute atomic E-state index is 11.5. The molecule has 0 saturated heterocycles. The molecule has 0 aromatic carbocycles. The highest BCUT2D eigenvalue weighted by molar-refractivity contribution is 5.94. The molecule has 1 aromatic rings. The van der Waals surface area contributed by atoms with Crippen molar-refractivity contribution in [3.63, 3.8) is 0 Å². The van der Waals surface area contributed by atoms with Crippen LogP contribution in [0.25, 0.3) is 0 Å². The minimum Gasteiger partial charge on any atom is -0.478 e. The number of aromatic carboxylic acids is 2. The Labute approximate surface area is 130 Å². The molecule has 1 heterocycles. The number of allylic oxidation sites excluding steroid dienone is 3. The van der Waals surface area contributed by atoms with E-state index in [-0.39, 0.29) is 28.9 Å². The first-order valence-corrected chi connectivity index (χ1v) is 6.71. The molecule has 1 atom stereocenters. The number of carbonyl (C=O) groups is 2. The lowest BCUT2D eigenvalue weighted by molar-refractivity contribution is -0.428. The van der Waals surface area contributed by atoms with Crippen LogP contribution in [0.15, 0.2) is 35.2 Å². The van der Waals surface area contributed by atoms with E-state index >= 15 is 0 Å². The molecular weight excluding hydrogens is 304 g/mol. The quantitative estimate of drug-likeness (QED) is 0.495. The van der Waals surface area contributed by atoms with Crippen LogP contribution in [0.2, 0.25) is 0 Å². The summed E-state index contributed by atoms with van der Waals surface area (Å²) in [4.78, 5) is 37.1. The zero-order valence-corrected chi connectivity index (χ0v) is 12.4. The van der Waals surface area contributed by atoms with Gasteiger partial charge in [-0.1, -0.05) is 11.6 Å². The molecule has 2 N–H and O–H groups in total. The molecule has 0 spiro atoms. The van der Waals surface area contributed by atoms with E-state index < -0.39 is 22.8 Å². The van der Waals surface area contributed by atoms with Crippen LogP contribution in [0.3, 0.4) is 0 Å². The van der Waals surface area contributed by atoms with Gasteiger partial charge < -0.3 is 10.2 Å². The van der Waals surface area contributed by atoms with Gasteiger partial charge in [-0.05, 0) is 19.9 Å². The Bertz CT molecular complexity index is 778. The van der Waals surface area contributed by atoms with Gasteiger partial charge in [-0.2, -0.15) is 0 Å². The van der Waals surface area contributed by atoms with Gasteiger partial charge in [0.25, 0.3) is 0 Å². The Kier molecular flexibility index (Phi) is 4.26. The van der Waals surface area contributed by atoms with Crippen LogP contribution in [0, 0.1) is 10.1 Å². The third kappa shape index (κ3) is 2.96. The Morgan fingerprint density at radius 1 is 1.30 bits per heavy atom. The first-order valence-electron chi connectivity index (χ1n) is 6.71. The lowest BCUT2D eigenvalue weighted by atomic mass is 9.81. The van der Waals surface area contributed by atoms with Gasteiger partial charge in [-0.25, -0.2) is 9.59 Å². The van der Waals surface area contributed by atoms with Gasteiger partial charge in [0.05, 0.1) is 34.1 Å². The lowest BCUT2D eigenvalue weighted by Crippen LogP contribution is -2.18. The maximum atomic E-state index is 11.5. The highest BCUT2D eigenvalue weighted by Gasteiger charge is 2.32. The molecule has 2 rings (SSSR count). The van der Waals surface area contributed by atoms with E-state index in [9.17, 15) is 24.8 Å².